The Bertz CT molecular complexity index is 219. The summed E-state index contributed by atoms with van der Waals surface area (Å²) in [4.78, 5) is 14.0. The van der Waals surface area contributed by atoms with Gasteiger partial charge in [0.2, 0.25) is 5.91 Å². The molecular formula is C13H29N3O. The topological polar surface area (TPSA) is 58.4 Å². The van der Waals surface area contributed by atoms with Crippen molar-refractivity contribution in [3.63, 3.8) is 0 Å². The summed E-state index contributed by atoms with van der Waals surface area (Å²) in [6, 6.07) is 0.245. The molecule has 0 saturated carbocycles. The Morgan fingerprint density at radius 3 is 2.29 bits per heavy atom. The van der Waals surface area contributed by atoms with Gasteiger partial charge in [0.1, 0.15) is 0 Å². The largest absolute Gasteiger partial charge is 0.355 e. The summed E-state index contributed by atoms with van der Waals surface area (Å²) in [7, 11) is 1.98. The minimum atomic E-state index is -0.0938. The van der Waals surface area contributed by atoms with E-state index >= 15 is 0 Å². The van der Waals surface area contributed by atoms with E-state index in [0.29, 0.717) is 18.5 Å². The molecule has 3 N–H and O–H groups in total. The first-order valence-electron chi connectivity index (χ1n) is 6.59. The van der Waals surface area contributed by atoms with Gasteiger partial charge in [-0.25, -0.2) is 0 Å². The molecule has 0 aromatic rings. The minimum Gasteiger partial charge on any atom is -0.355 e. The quantitative estimate of drug-likeness (QED) is 0.673. The van der Waals surface area contributed by atoms with Gasteiger partial charge in [0, 0.05) is 12.6 Å². The number of nitrogens with two attached hydrogens (primary N) is 1. The highest BCUT2D eigenvalue weighted by atomic mass is 16.2. The molecule has 0 rings (SSSR count). The third kappa shape index (κ3) is 6.64. The molecule has 0 spiro atoms. The van der Waals surface area contributed by atoms with Crippen molar-refractivity contribution in [3.8, 4) is 0 Å². The zero-order chi connectivity index (χ0) is 13.4. The number of carbonyl (C=O) groups is 1. The van der Waals surface area contributed by atoms with Gasteiger partial charge in [0.15, 0.2) is 0 Å². The summed E-state index contributed by atoms with van der Waals surface area (Å²) in [5.41, 5.74) is 5.53. The number of carbonyl (C=O) groups excluding carboxylic acids is 1. The Morgan fingerprint density at radius 1 is 1.24 bits per heavy atom. The molecule has 2 unspecified atom stereocenters. The molecule has 0 aromatic heterocycles. The molecule has 0 aliphatic carbocycles. The van der Waals surface area contributed by atoms with E-state index in [4.69, 9.17) is 5.73 Å². The number of likely N-dealkylation sites (N-methyl/N-ethyl adjacent to an activating group) is 1. The maximum atomic E-state index is 11.9. The number of nitrogens with zero attached hydrogens (tertiary/aromatic N) is 1. The molecule has 0 aliphatic rings. The molecule has 4 nitrogen and oxygen atoms in total. The van der Waals surface area contributed by atoms with E-state index < -0.39 is 0 Å². The van der Waals surface area contributed by atoms with E-state index in [1.165, 1.54) is 0 Å². The Labute approximate surface area is 106 Å². The average Bonchev–Trinajstić information content (AvgIpc) is 2.26. The maximum absolute atomic E-state index is 11.9. The van der Waals surface area contributed by atoms with Crippen molar-refractivity contribution < 1.29 is 4.79 Å². The normalized spacial score (nSPS) is 15.1. The molecule has 1 amide bonds. The van der Waals surface area contributed by atoms with Crippen molar-refractivity contribution >= 4 is 5.91 Å². The molecule has 0 aromatic carbocycles. The van der Waals surface area contributed by atoms with E-state index in [0.717, 1.165) is 19.4 Å². The Balaban J connectivity index is 4.02. The van der Waals surface area contributed by atoms with E-state index in [1.54, 1.807) is 0 Å². The lowest BCUT2D eigenvalue weighted by Crippen LogP contribution is -2.47. The number of nitrogens with one attached hydrogen (secondary N) is 1. The fourth-order valence-corrected chi connectivity index (χ4v) is 1.64. The summed E-state index contributed by atoms with van der Waals surface area (Å²) < 4.78 is 0. The second-order valence-corrected chi connectivity index (χ2v) is 5.24. The van der Waals surface area contributed by atoms with Crippen molar-refractivity contribution in [2.24, 2.45) is 11.7 Å². The Kier molecular flexibility index (Phi) is 8.17. The van der Waals surface area contributed by atoms with E-state index in [1.807, 2.05) is 14.0 Å². The number of rotatable bonds is 8. The maximum Gasteiger partial charge on any atom is 0.237 e. The predicted octanol–water partition coefficient (Wildman–Crippen LogP) is 1.21. The lowest BCUT2D eigenvalue weighted by molar-refractivity contribution is -0.126. The van der Waals surface area contributed by atoms with Crippen molar-refractivity contribution in [3.05, 3.63) is 0 Å². The van der Waals surface area contributed by atoms with Crippen LogP contribution < -0.4 is 11.1 Å². The van der Waals surface area contributed by atoms with Crippen LogP contribution in [-0.4, -0.2) is 43.0 Å². The summed E-state index contributed by atoms with van der Waals surface area (Å²) >= 11 is 0. The van der Waals surface area contributed by atoms with Gasteiger partial charge in [-0.05, 0) is 46.2 Å². The van der Waals surface area contributed by atoms with Crippen molar-refractivity contribution in [1.82, 2.24) is 10.2 Å². The minimum absolute atomic E-state index is 0.0938. The molecule has 0 saturated heterocycles. The molecule has 0 heterocycles. The van der Waals surface area contributed by atoms with Gasteiger partial charge in [-0.15, -0.1) is 0 Å². The van der Waals surface area contributed by atoms with Gasteiger partial charge >= 0.3 is 0 Å². The highest BCUT2D eigenvalue weighted by Gasteiger charge is 2.21. The molecule has 2 atom stereocenters. The molecule has 0 fully saturated rings. The number of hydrogen-bond donors (Lipinski definition) is 2. The summed E-state index contributed by atoms with van der Waals surface area (Å²) in [6.07, 6.45) is 1.95. The second kappa shape index (κ2) is 8.48. The van der Waals surface area contributed by atoms with Crippen molar-refractivity contribution in [2.45, 2.75) is 52.6 Å². The van der Waals surface area contributed by atoms with Gasteiger partial charge in [-0.2, -0.15) is 0 Å². The highest BCUT2D eigenvalue weighted by molar-refractivity contribution is 5.81. The molecule has 4 heteroatoms. The van der Waals surface area contributed by atoms with Crippen LogP contribution in [-0.2, 0) is 4.79 Å². The molecule has 0 aliphatic heterocycles. The second-order valence-electron chi connectivity index (χ2n) is 5.24. The molecule has 0 radical (unpaired) electrons. The lowest BCUT2D eigenvalue weighted by Gasteiger charge is -2.29. The van der Waals surface area contributed by atoms with Gasteiger partial charge < -0.3 is 11.1 Å². The van der Waals surface area contributed by atoms with Crippen LogP contribution in [0, 0.1) is 5.92 Å². The SMILES string of the molecule is CC(C)CCNC(=O)C(C)N(C)C(C)CCN. The van der Waals surface area contributed by atoms with Gasteiger partial charge in [0.25, 0.3) is 0 Å². The van der Waals surface area contributed by atoms with Crippen LogP contribution in [0.15, 0.2) is 0 Å². The fourth-order valence-electron chi connectivity index (χ4n) is 1.64. The van der Waals surface area contributed by atoms with Crippen LogP contribution in [0.5, 0.6) is 0 Å². The third-order valence-electron chi connectivity index (χ3n) is 3.29. The average molecular weight is 243 g/mol. The monoisotopic (exact) mass is 243 g/mol. The van der Waals surface area contributed by atoms with Crippen LogP contribution in [0.3, 0.4) is 0 Å². The van der Waals surface area contributed by atoms with Gasteiger partial charge in [-0.3, -0.25) is 9.69 Å². The fraction of sp³-hybridized carbons (Fsp3) is 0.923. The van der Waals surface area contributed by atoms with E-state index in [2.05, 4.69) is 31.0 Å². The first-order valence-corrected chi connectivity index (χ1v) is 6.59. The molecule has 17 heavy (non-hydrogen) atoms. The summed E-state index contributed by atoms with van der Waals surface area (Å²) in [5.74, 6) is 0.733. The van der Waals surface area contributed by atoms with Gasteiger partial charge in [0.05, 0.1) is 6.04 Å². The Morgan fingerprint density at radius 2 is 1.82 bits per heavy atom. The summed E-state index contributed by atoms with van der Waals surface area (Å²) in [5, 5.41) is 2.98. The number of hydrogen-bond acceptors (Lipinski definition) is 3. The standard InChI is InChI=1S/C13H29N3O/c1-10(2)7-9-15-13(17)12(4)16(5)11(3)6-8-14/h10-12H,6-9,14H2,1-5H3,(H,15,17). The first kappa shape index (κ1) is 16.4. The smallest absolute Gasteiger partial charge is 0.237 e. The highest BCUT2D eigenvalue weighted by Crippen LogP contribution is 2.06. The Hall–Kier alpha value is -0.610. The zero-order valence-electron chi connectivity index (χ0n) is 12.0. The zero-order valence-corrected chi connectivity index (χ0v) is 12.0. The van der Waals surface area contributed by atoms with E-state index in [-0.39, 0.29) is 11.9 Å². The third-order valence-corrected chi connectivity index (χ3v) is 3.29. The van der Waals surface area contributed by atoms with Crippen LogP contribution in [0.1, 0.15) is 40.5 Å². The van der Waals surface area contributed by atoms with Crippen LogP contribution >= 0.6 is 0 Å². The van der Waals surface area contributed by atoms with E-state index in [9.17, 15) is 4.79 Å². The van der Waals surface area contributed by atoms with Crippen LogP contribution in [0.4, 0.5) is 0 Å². The first-order chi connectivity index (χ1) is 7.90. The van der Waals surface area contributed by atoms with Crippen LogP contribution in [0.25, 0.3) is 0 Å². The van der Waals surface area contributed by atoms with Crippen molar-refractivity contribution in [1.29, 1.82) is 0 Å². The molecule has 0 bridgehead atoms. The van der Waals surface area contributed by atoms with Crippen molar-refractivity contribution in [2.75, 3.05) is 20.1 Å². The predicted molar refractivity (Wildman–Crippen MR) is 72.8 cm³/mol. The van der Waals surface area contributed by atoms with Gasteiger partial charge in [-0.1, -0.05) is 13.8 Å². The molecular weight excluding hydrogens is 214 g/mol. The number of amides is 1. The summed E-state index contributed by atoms with van der Waals surface area (Å²) in [6.45, 7) is 9.78. The lowest BCUT2D eigenvalue weighted by atomic mass is 10.1. The van der Waals surface area contributed by atoms with Crippen LogP contribution in [0.2, 0.25) is 0 Å². The molecule has 102 valence electrons.